The lowest BCUT2D eigenvalue weighted by Crippen LogP contribution is -2.52. The van der Waals surface area contributed by atoms with Gasteiger partial charge in [0.05, 0.1) is 18.4 Å². The van der Waals surface area contributed by atoms with Crippen molar-refractivity contribution in [3.63, 3.8) is 0 Å². The number of carbonyl (C=O) groups excluding carboxylic acids is 2. The topological polar surface area (TPSA) is 96.5 Å². The van der Waals surface area contributed by atoms with E-state index in [1.165, 1.54) is 36.3 Å². The molecule has 5 rings (SSSR count). The van der Waals surface area contributed by atoms with Crippen molar-refractivity contribution in [2.45, 2.75) is 9.81 Å². The zero-order chi connectivity index (χ0) is 26.4. The van der Waals surface area contributed by atoms with E-state index in [2.05, 4.69) is 4.90 Å². The SMILES string of the molecule is COc1ccccc1C1(OC(=O)N2CCN(C)CC2)C(=O)N(S(=O)(=O)c2cccs2)c2ccc(Cl)cc21. The number of nitrogens with zero attached hydrogens (tertiary/aromatic N) is 3. The van der Waals surface area contributed by atoms with Crippen LogP contribution in [-0.4, -0.2) is 70.6 Å². The van der Waals surface area contributed by atoms with Crippen LogP contribution in [0.25, 0.3) is 0 Å². The number of thiophene rings is 1. The molecule has 9 nitrogen and oxygen atoms in total. The van der Waals surface area contributed by atoms with Gasteiger partial charge >= 0.3 is 6.09 Å². The first-order chi connectivity index (χ1) is 17.7. The van der Waals surface area contributed by atoms with Crippen LogP contribution in [0.15, 0.2) is 64.2 Å². The number of methoxy groups -OCH3 is 1. The molecule has 3 aromatic rings. The average molecular weight is 562 g/mol. The predicted molar refractivity (Wildman–Crippen MR) is 140 cm³/mol. The summed E-state index contributed by atoms with van der Waals surface area (Å²) in [7, 11) is -0.957. The van der Waals surface area contributed by atoms with Crippen molar-refractivity contribution >= 4 is 50.6 Å². The van der Waals surface area contributed by atoms with Gasteiger partial charge in [0.1, 0.15) is 9.96 Å². The van der Waals surface area contributed by atoms with E-state index in [1.807, 2.05) is 7.05 Å². The number of benzene rings is 2. The van der Waals surface area contributed by atoms with Crippen LogP contribution < -0.4 is 9.04 Å². The fraction of sp³-hybridized carbons (Fsp3) is 0.280. The zero-order valence-electron chi connectivity index (χ0n) is 20.1. The number of anilines is 1. The summed E-state index contributed by atoms with van der Waals surface area (Å²) in [5.74, 6) is -0.700. The second-order valence-corrected chi connectivity index (χ2v) is 12.1. The Balaban J connectivity index is 1.74. The molecule has 2 aliphatic rings. The second kappa shape index (κ2) is 9.64. The molecule has 0 aliphatic carbocycles. The number of para-hydroxylation sites is 1. The van der Waals surface area contributed by atoms with Gasteiger partial charge in [-0.25, -0.2) is 4.79 Å². The lowest BCUT2D eigenvalue weighted by Gasteiger charge is -2.36. The monoisotopic (exact) mass is 561 g/mol. The highest BCUT2D eigenvalue weighted by molar-refractivity contribution is 7.95. The molecule has 1 unspecified atom stereocenters. The third kappa shape index (κ3) is 4.15. The van der Waals surface area contributed by atoms with E-state index >= 15 is 0 Å². The number of fused-ring (bicyclic) bond motifs is 1. The number of amides is 2. The Labute approximate surface area is 223 Å². The smallest absolute Gasteiger partial charge is 0.411 e. The molecule has 0 radical (unpaired) electrons. The van der Waals surface area contributed by atoms with Gasteiger partial charge in [-0.2, -0.15) is 12.7 Å². The number of likely N-dealkylation sites (N-methyl/N-ethyl adjacent to an activating group) is 1. The summed E-state index contributed by atoms with van der Waals surface area (Å²) in [4.78, 5) is 31.6. The van der Waals surface area contributed by atoms with Crippen LogP contribution in [-0.2, 0) is 25.2 Å². The number of hydrogen-bond acceptors (Lipinski definition) is 8. The molecular formula is C25H24ClN3O6S2. The number of halogens is 1. The molecule has 1 fully saturated rings. The van der Waals surface area contributed by atoms with E-state index in [-0.39, 0.29) is 31.8 Å². The minimum Gasteiger partial charge on any atom is -0.496 e. The van der Waals surface area contributed by atoms with Gasteiger partial charge < -0.3 is 19.3 Å². The minimum absolute atomic E-state index is 0.0250. The van der Waals surface area contributed by atoms with E-state index in [0.717, 1.165) is 11.3 Å². The summed E-state index contributed by atoms with van der Waals surface area (Å²) >= 11 is 7.34. The van der Waals surface area contributed by atoms with Crippen molar-refractivity contribution in [2.24, 2.45) is 0 Å². The summed E-state index contributed by atoms with van der Waals surface area (Å²) in [6, 6.07) is 14.0. The van der Waals surface area contributed by atoms with E-state index in [0.29, 0.717) is 30.5 Å². The second-order valence-electron chi connectivity index (χ2n) is 8.71. The van der Waals surface area contributed by atoms with Crippen LogP contribution in [0.1, 0.15) is 11.1 Å². The Bertz CT molecular complexity index is 1450. The normalized spacial score (nSPS) is 20.1. The summed E-state index contributed by atoms with van der Waals surface area (Å²) in [5.41, 5.74) is -1.77. The minimum atomic E-state index is -4.33. The number of sulfonamides is 1. The Kier molecular flexibility index (Phi) is 6.65. The maximum absolute atomic E-state index is 14.4. The van der Waals surface area contributed by atoms with Crippen LogP contribution >= 0.6 is 22.9 Å². The van der Waals surface area contributed by atoms with E-state index in [4.69, 9.17) is 21.1 Å². The fourth-order valence-corrected chi connectivity index (χ4v) is 7.30. The van der Waals surface area contributed by atoms with Gasteiger partial charge in [0.15, 0.2) is 0 Å². The molecule has 0 bridgehead atoms. The maximum Gasteiger partial charge on any atom is 0.411 e. The first-order valence-corrected chi connectivity index (χ1v) is 14.1. The highest BCUT2D eigenvalue weighted by atomic mass is 35.5. The molecule has 12 heteroatoms. The lowest BCUT2D eigenvalue weighted by molar-refractivity contribution is -0.132. The molecule has 194 valence electrons. The third-order valence-corrected chi connectivity index (χ3v) is 9.83. The Morgan fingerprint density at radius 3 is 2.43 bits per heavy atom. The number of hydrogen-bond donors (Lipinski definition) is 0. The predicted octanol–water partition coefficient (Wildman–Crippen LogP) is 3.77. The number of ether oxygens (including phenoxy) is 2. The van der Waals surface area contributed by atoms with Gasteiger partial charge in [0, 0.05) is 36.8 Å². The molecule has 2 aliphatic heterocycles. The van der Waals surface area contributed by atoms with E-state index in [9.17, 15) is 18.0 Å². The van der Waals surface area contributed by atoms with Crippen molar-refractivity contribution in [3.05, 3.63) is 76.1 Å². The highest BCUT2D eigenvalue weighted by Gasteiger charge is 2.61. The number of piperazine rings is 1. The summed E-state index contributed by atoms with van der Waals surface area (Å²) in [5, 5.41) is 1.86. The maximum atomic E-state index is 14.4. The van der Waals surface area contributed by atoms with Crippen molar-refractivity contribution in [2.75, 3.05) is 44.6 Å². The molecule has 1 aromatic heterocycles. The average Bonchev–Trinajstić information content (AvgIpc) is 3.51. The van der Waals surface area contributed by atoms with Crippen LogP contribution in [0.2, 0.25) is 5.02 Å². The van der Waals surface area contributed by atoms with Crippen LogP contribution in [0.4, 0.5) is 10.5 Å². The zero-order valence-corrected chi connectivity index (χ0v) is 22.5. The van der Waals surface area contributed by atoms with Gasteiger partial charge in [-0.3, -0.25) is 4.79 Å². The van der Waals surface area contributed by atoms with Crippen molar-refractivity contribution < 1.29 is 27.5 Å². The molecule has 1 saturated heterocycles. The molecule has 3 heterocycles. The van der Waals surface area contributed by atoms with E-state index < -0.39 is 27.6 Å². The number of carbonyl (C=O) groups is 2. The van der Waals surface area contributed by atoms with E-state index in [1.54, 1.807) is 35.7 Å². The molecule has 37 heavy (non-hydrogen) atoms. The molecule has 2 amide bonds. The summed E-state index contributed by atoms with van der Waals surface area (Å²) in [6.07, 6.45) is -0.742. The Morgan fingerprint density at radius 1 is 1.03 bits per heavy atom. The molecule has 0 saturated carbocycles. The van der Waals surface area contributed by atoms with Crippen LogP contribution in [0.5, 0.6) is 5.75 Å². The molecular weight excluding hydrogens is 538 g/mol. The van der Waals surface area contributed by atoms with Gasteiger partial charge in [0.2, 0.25) is 5.60 Å². The van der Waals surface area contributed by atoms with Gasteiger partial charge in [-0.15, -0.1) is 11.3 Å². The fourth-order valence-electron chi connectivity index (χ4n) is 4.61. The number of rotatable bonds is 5. The van der Waals surface area contributed by atoms with Gasteiger partial charge in [0.25, 0.3) is 15.9 Å². The van der Waals surface area contributed by atoms with Crippen LogP contribution in [0.3, 0.4) is 0 Å². The first kappa shape index (κ1) is 25.5. The molecule has 0 spiro atoms. The Morgan fingerprint density at radius 2 is 1.76 bits per heavy atom. The van der Waals surface area contributed by atoms with Crippen LogP contribution in [0, 0.1) is 0 Å². The van der Waals surface area contributed by atoms with Gasteiger partial charge in [-0.1, -0.05) is 35.9 Å². The third-order valence-electron chi connectivity index (χ3n) is 6.52. The summed E-state index contributed by atoms with van der Waals surface area (Å²) < 4.78 is 39.8. The van der Waals surface area contributed by atoms with Crippen molar-refractivity contribution in [1.82, 2.24) is 9.80 Å². The quantitative estimate of drug-likeness (QED) is 0.468. The van der Waals surface area contributed by atoms with Gasteiger partial charge in [-0.05, 0) is 42.8 Å². The largest absolute Gasteiger partial charge is 0.496 e. The highest BCUT2D eigenvalue weighted by Crippen LogP contribution is 2.52. The molecule has 1 atom stereocenters. The first-order valence-electron chi connectivity index (χ1n) is 11.4. The summed E-state index contributed by atoms with van der Waals surface area (Å²) in [6.45, 7) is 2.05. The standard InChI is InChI=1S/C25H24ClN3O6S2/c1-27-11-13-28(14-12-27)24(31)35-25(18-6-3-4-7-21(18)34-2)19-16-17(26)9-10-20(19)29(23(25)30)37(32,33)22-8-5-15-36-22/h3-10,15-16H,11-14H2,1-2H3. The molecule has 0 N–H and O–H groups in total. The van der Waals surface area contributed by atoms with Crippen molar-refractivity contribution in [1.29, 1.82) is 0 Å². The lowest BCUT2D eigenvalue weighted by atomic mass is 9.86. The Hall–Kier alpha value is -3.12. The van der Waals surface area contributed by atoms with Crippen molar-refractivity contribution in [3.8, 4) is 5.75 Å². The molecule has 2 aromatic carbocycles.